The van der Waals surface area contributed by atoms with Crippen molar-refractivity contribution < 1.29 is 14.3 Å². The van der Waals surface area contributed by atoms with Gasteiger partial charge >= 0.3 is 0 Å². The minimum absolute atomic E-state index is 0.232. The number of Topliss-reactive ketones (excluding diaryl/α,β-unsaturated/α-hetero) is 1. The van der Waals surface area contributed by atoms with E-state index in [4.69, 9.17) is 9.47 Å². The molecule has 0 fully saturated rings. The number of hydrogen-bond donors (Lipinski definition) is 0. The number of methoxy groups -OCH3 is 1. The van der Waals surface area contributed by atoms with E-state index in [1.807, 2.05) is 30.3 Å². The molecule has 0 N–H and O–H groups in total. The Morgan fingerprint density at radius 3 is 2.61 bits per heavy atom. The first-order valence-electron chi connectivity index (χ1n) is 6.22. The van der Waals surface area contributed by atoms with Crippen LogP contribution in [0.2, 0.25) is 0 Å². The molecule has 96 valence electrons. The van der Waals surface area contributed by atoms with Gasteiger partial charge in [-0.15, -0.1) is 0 Å². The van der Waals surface area contributed by atoms with Gasteiger partial charge in [-0.2, -0.15) is 0 Å². The Kier molecular flexibility index (Phi) is 4.53. The molecular weight excluding hydrogens is 228 g/mol. The molecule has 3 heteroatoms. The molecule has 0 radical (unpaired) electrons. The highest BCUT2D eigenvalue weighted by Gasteiger charge is 2.13. The van der Waals surface area contributed by atoms with Crippen LogP contribution in [-0.2, 0) is 16.1 Å². The van der Waals surface area contributed by atoms with Gasteiger partial charge in [-0.1, -0.05) is 18.2 Å². The third kappa shape index (κ3) is 3.44. The summed E-state index contributed by atoms with van der Waals surface area (Å²) in [5.41, 5.74) is 1.91. The van der Waals surface area contributed by atoms with E-state index in [0.29, 0.717) is 19.6 Å². The van der Waals surface area contributed by atoms with Crippen LogP contribution >= 0.6 is 0 Å². The molecule has 0 heterocycles. The van der Waals surface area contributed by atoms with E-state index < -0.39 is 0 Å². The number of ether oxygens (including phenoxy) is 2. The van der Waals surface area contributed by atoms with Crippen molar-refractivity contribution in [2.24, 2.45) is 0 Å². The second kappa shape index (κ2) is 6.36. The highest BCUT2D eigenvalue weighted by atomic mass is 16.5. The van der Waals surface area contributed by atoms with Crippen molar-refractivity contribution in [1.82, 2.24) is 0 Å². The normalized spacial score (nSPS) is 15.4. The molecule has 0 unspecified atom stereocenters. The van der Waals surface area contributed by atoms with Crippen LogP contribution in [0.1, 0.15) is 24.8 Å². The smallest absolute Gasteiger partial charge is 0.160 e. The van der Waals surface area contributed by atoms with Gasteiger partial charge in [0.1, 0.15) is 5.75 Å². The van der Waals surface area contributed by atoms with Crippen LogP contribution in [0.5, 0.6) is 5.75 Å². The lowest BCUT2D eigenvalue weighted by molar-refractivity contribution is -0.116. The fourth-order valence-corrected chi connectivity index (χ4v) is 1.95. The lowest BCUT2D eigenvalue weighted by Crippen LogP contribution is -2.12. The van der Waals surface area contributed by atoms with Crippen LogP contribution in [-0.4, -0.2) is 19.5 Å². The maximum absolute atomic E-state index is 11.6. The van der Waals surface area contributed by atoms with Crippen LogP contribution < -0.4 is 4.74 Å². The number of rotatable bonds is 5. The Morgan fingerprint density at radius 1 is 1.17 bits per heavy atom. The largest absolute Gasteiger partial charge is 0.497 e. The van der Waals surface area contributed by atoms with Gasteiger partial charge in [-0.25, -0.2) is 0 Å². The molecular formula is C15H18O3. The Balaban J connectivity index is 1.81. The van der Waals surface area contributed by atoms with E-state index in [9.17, 15) is 4.79 Å². The number of ketones is 1. The molecule has 3 nitrogen and oxygen atoms in total. The Morgan fingerprint density at radius 2 is 1.94 bits per heavy atom. The van der Waals surface area contributed by atoms with E-state index in [2.05, 4.69) is 0 Å². The third-order valence-corrected chi connectivity index (χ3v) is 3.04. The zero-order valence-electron chi connectivity index (χ0n) is 10.6. The van der Waals surface area contributed by atoms with E-state index >= 15 is 0 Å². The number of allylic oxidation sites excluding steroid dienone is 1. The number of carbonyl (C=O) groups excluding carboxylic acids is 1. The summed E-state index contributed by atoms with van der Waals surface area (Å²) < 4.78 is 10.7. The van der Waals surface area contributed by atoms with Crippen LogP contribution in [0, 0.1) is 0 Å². The topological polar surface area (TPSA) is 35.5 Å². The van der Waals surface area contributed by atoms with E-state index in [0.717, 1.165) is 29.7 Å². The maximum Gasteiger partial charge on any atom is 0.160 e. The zero-order chi connectivity index (χ0) is 12.8. The molecule has 0 aliphatic heterocycles. The van der Waals surface area contributed by atoms with Gasteiger partial charge in [0.2, 0.25) is 0 Å². The standard InChI is InChI=1S/C15H18O3/c1-17-14-8-6-12(7-9-14)10-18-11-13-4-2-3-5-15(13)16/h4,6-9H,2-3,5,10-11H2,1H3. The Labute approximate surface area is 107 Å². The SMILES string of the molecule is COc1ccc(COCC2=CCCCC2=O)cc1. The Bertz CT molecular complexity index is 432. The van der Waals surface area contributed by atoms with Gasteiger partial charge in [0.05, 0.1) is 20.3 Å². The second-order valence-electron chi connectivity index (χ2n) is 4.39. The lowest BCUT2D eigenvalue weighted by Gasteiger charge is -2.12. The fraction of sp³-hybridized carbons (Fsp3) is 0.400. The van der Waals surface area contributed by atoms with Crippen LogP contribution in [0.15, 0.2) is 35.9 Å². The maximum atomic E-state index is 11.6. The highest BCUT2D eigenvalue weighted by Crippen LogP contribution is 2.16. The molecule has 1 aromatic rings. The molecule has 1 aromatic carbocycles. The lowest BCUT2D eigenvalue weighted by atomic mass is 9.99. The molecule has 0 amide bonds. The second-order valence-corrected chi connectivity index (χ2v) is 4.39. The van der Waals surface area contributed by atoms with E-state index in [-0.39, 0.29) is 5.78 Å². The van der Waals surface area contributed by atoms with Crippen molar-refractivity contribution in [2.75, 3.05) is 13.7 Å². The third-order valence-electron chi connectivity index (χ3n) is 3.04. The van der Waals surface area contributed by atoms with Crippen molar-refractivity contribution in [3.8, 4) is 5.75 Å². The number of carbonyl (C=O) groups is 1. The summed E-state index contributed by atoms with van der Waals surface area (Å²) in [6.45, 7) is 0.944. The number of benzene rings is 1. The van der Waals surface area contributed by atoms with Crippen LogP contribution in [0.4, 0.5) is 0 Å². The molecule has 2 rings (SSSR count). The first kappa shape index (κ1) is 12.8. The molecule has 0 saturated heterocycles. The van der Waals surface area contributed by atoms with Crippen molar-refractivity contribution in [2.45, 2.75) is 25.9 Å². The highest BCUT2D eigenvalue weighted by molar-refractivity contribution is 5.96. The first-order valence-corrected chi connectivity index (χ1v) is 6.22. The van der Waals surface area contributed by atoms with Crippen molar-refractivity contribution in [3.05, 3.63) is 41.5 Å². The molecule has 18 heavy (non-hydrogen) atoms. The minimum Gasteiger partial charge on any atom is -0.497 e. The predicted molar refractivity (Wildman–Crippen MR) is 69.6 cm³/mol. The quantitative estimate of drug-likeness (QED) is 0.801. The van der Waals surface area contributed by atoms with Crippen LogP contribution in [0.25, 0.3) is 0 Å². The molecule has 0 saturated carbocycles. The predicted octanol–water partition coefficient (Wildman–Crippen LogP) is 2.89. The zero-order valence-corrected chi connectivity index (χ0v) is 10.6. The molecule has 1 aliphatic rings. The summed E-state index contributed by atoms with van der Waals surface area (Å²) in [5.74, 6) is 1.07. The van der Waals surface area contributed by atoms with Gasteiger partial charge in [0, 0.05) is 12.0 Å². The van der Waals surface area contributed by atoms with Gasteiger partial charge in [0.25, 0.3) is 0 Å². The van der Waals surface area contributed by atoms with Gasteiger partial charge in [-0.3, -0.25) is 4.79 Å². The Hall–Kier alpha value is -1.61. The van der Waals surface area contributed by atoms with Gasteiger partial charge in [0.15, 0.2) is 5.78 Å². The average Bonchev–Trinajstić information content (AvgIpc) is 2.42. The summed E-state index contributed by atoms with van der Waals surface area (Å²) >= 11 is 0. The average molecular weight is 246 g/mol. The fourth-order valence-electron chi connectivity index (χ4n) is 1.95. The van der Waals surface area contributed by atoms with Crippen LogP contribution in [0.3, 0.4) is 0 Å². The first-order chi connectivity index (χ1) is 8.79. The summed E-state index contributed by atoms with van der Waals surface area (Å²) in [6.07, 6.45) is 4.63. The number of hydrogen-bond acceptors (Lipinski definition) is 3. The van der Waals surface area contributed by atoms with Crippen molar-refractivity contribution >= 4 is 5.78 Å². The molecule has 1 aliphatic carbocycles. The molecule has 0 spiro atoms. The van der Waals surface area contributed by atoms with Crippen molar-refractivity contribution in [3.63, 3.8) is 0 Å². The molecule has 0 atom stereocenters. The van der Waals surface area contributed by atoms with Crippen molar-refractivity contribution in [1.29, 1.82) is 0 Å². The minimum atomic E-state index is 0.232. The summed E-state index contributed by atoms with van der Waals surface area (Å²) in [6, 6.07) is 7.75. The van der Waals surface area contributed by atoms with E-state index in [1.165, 1.54) is 0 Å². The molecule has 0 aromatic heterocycles. The van der Waals surface area contributed by atoms with E-state index in [1.54, 1.807) is 7.11 Å². The summed E-state index contributed by atoms with van der Waals surface area (Å²) in [5, 5.41) is 0. The monoisotopic (exact) mass is 246 g/mol. The van der Waals surface area contributed by atoms with Gasteiger partial charge in [-0.05, 0) is 30.5 Å². The molecule has 0 bridgehead atoms. The summed E-state index contributed by atoms with van der Waals surface area (Å²) in [7, 11) is 1.65. The summed E-state index contributed by atoms with van der Waals surface area (Å²) in [4.78, 5) is 11.6. The van der Waals surface area contributed by atoms with Gasteiger partial charge < -0.3 is 9.47 Å².